The third kappa shape index (κ3) is 4.09. The number of carbonyl (C=O) groups is 1. The number of phenolic OH excluding ortho intramolecular Hbond substituents is 1. The van der Waals surface area contributed by atoms with E-state index in [1.54, 1.807) is 18.3 Å². The third-order valence-electron chi connectivity index (χ3n) is 4.57. The molecule has 1 N–H and O–H groups in total. The molecule has 5 nitrogen and oxygen atoms in total. The van der Waals surface area contributed by atoms with E-state index >= 15 is 0 Å². The molecule has 1 saturated heterocycles. The fourth-order valence-electron chi connectivity index (χ4n) is 3.28. The minimum Gasteiger partial charge on any atom is -0.506 e. The molecule has 128 valence electrons. The highest BCUT2D eigenvalue weighted by Gasteiger charge is 2.26. The van der Waals surface area contributed by atoms with Gasteiger partial charge in [-0.3, -0.25) is 9.48 Å². The molecule has 6 heteroatoms. The fourth-order valence-corrected chi connectivity index (χ4v) is 3.48. The van der Waals surface area contributed by atoms with Crippen LogP contribution >= 0.6 is 11.6 Å². The third-order valence-corrected chi connectivity index (χ3v) is 4.87. The van der Waals surface area contributed by atoms with Crippen molar-refractivity contribution in [1.29, 1.82) is 0 Å². The molecule has 3 rings (SSSR count). The van der Waals surface area contributed by atoms with Crippen molar-refractivity contribution in [3.05, 3.63) is 47.2 Å². The molecule has 0 radical (unpaired) electrons. The van der Waals surface area contributed by atoms with E-state index in [0.29, 0.717) is 6.42 Å². The van der Waals surface area contributed by atoms with Gasteiger partial charge in [0.05, 0.1) is 11.4 Å². The lowest BCUT2D eigenvalue weighted by Gasteiger charge is -2.36. The number of phenols is 1. The van der Waals surface area contributed by atoms with Crippen LogP contribution in [0, 0.1) is 0 Å². The number of hydrogen-bond acceptors (Lipinski definition) is 3. The number of carbonyl (C=O) groups excluding carboxylic acids is 1. The number of piperidine rings is 1. The number of nitrogens with zero attached hydrogens (tertiary/aromatic N) is 3. The van der Waals surface area contributed by atoms with E-state index in [-0.39, 0.29) is 22.7 Å². The first kappa shape index (κ1) is 16.8. The van der Waals surface area contributed by atoms with E-state index in [9.17, 15) is 9.90 Å². The Labute approximate surface area is 146 Å². The first-order chi connectivity index (χ1) is 11.6. The summed E-state index contributed by atoms with van der Waals surface area (Å²) >= 11 is 5.93. The summed E-state index contributed by atoms with van der Waals surface area (Å²) < 4.78 is 1.91. The van der Waals surface area contributed by atoms with Crippen molar-refractivity contribution in [3.63, 3.8) is 0 Å². The summed E-state index contributed by atoms with van der Waals surface area (Å²) in [5, 5.41) is 14.0. The van der Waals surface area contributed by atoms with E-state index in [0.717, 1.165) is 37.9 Å². The molecular formula is C18H22ClN3O2. The van der Waals surface area contributed by atoms with E-state index in [1.807, 2.05) is 21.8 Å². The number of rotatable bonds is 5. The van der Waals surface area contributed by atoms with Crippen LogP contribution in [0.1, 0.15) is 31.2 Å². The van der Waals surface area contributed by atoms with E-state index < -0.39 is 0 Å². The molecule has 0 spiro atoms. The maximum Gasteiger partial charge on any atom is 0.227 e. The second-order valence-corrected chi connectivity index (χ2v) is 6.66. The smallest absolute Gasteiger partial charge is 0.227 e. The largest absolute Gasteiger partial charge is 0.506 e. The molecule has 1 unspecified atom stereocenters. The SMILES string of the molecule is O=C(Cc1ccc(O)c(Cl)c1)N1CCCCC1CCn1cccn1. The van der Waals surface area contributed by atoms with E-state index in [1.165, 1.54) is 12.5 Å². The van der Waals surface area contributed by atoms with Gasteiger partial charge in [0.25, 0.3) is 0 Å². The molecule has 0 aliphatic carbocycles. The number of benzene rings is 1. The lowest BCUT2D eigenvalue weighted by molar-refractivity contribution is -0.134. The summed E-state index contributed by atoms with van der Waals surface area (Å²) in [7, 11) is 0. The van der Waals surface area contributed by atoms with Crippen LogP contribution in [-0.2, 0) is 17.8 Å². The number of likely N-dealkylation sites (tertiary alicyclic amines) is 1. The Morgan fingerprint density at radius 1 is 1.38 bits per heavy atom. The molecule has 2 heterocycles. The van der Waals surface area contributed by atoms with Crippen LogP contribution in [0.2, 0.25) is 5.02 Å². The minimum absolute atomic E-state index is 0.0444. The molecule has 1 aliphatic heterocycles. The predicted molar refractivity (Wildman–Crippen MR) is 93.0 cm³/mol. The maximum absolute atomic E-state index is 12.7. The lowest BCUT2D eigenvalue weighted by atomic mass is 9.98. The molecule has 1 atom stereocenters. The Bertz CT molecular complexity index is 688. The molecule has 1 amide bonds. The number of aromatic hydroxyl groups is 1. The molecule has 0 saturated carbocycles. The summed E-state index contributed by atoms with van der Waals surface area (Å²) in [6.07, 6.45) is 8.23. The van der Waals surface area contributed by atoms with Crippen molar-refractivity contribution in [1.82, 2.24) is 14.7 Å². The van der Waals surface area contributed by atoms with E-state index in [2.05, 4.69) is 5.10 Å². The summed E-state index contributed by atoms with van der Waals surface area (Å²) in [5.41, 5.74) is 0.833. The normalized spacial score (nSPS) is 17.9. The molecule has 1 fully saturated rings. The second-order valence-electron chi connectivity index (χ2n) is 6.26. The van der Waals surface area contributed by atoms with Gasteiger partial charge in [-0.15, -0.1) is 0 Å². The molecule has 1 aliphatic rings. The van der Waals surface area contributed by atoms with Gasteiger partial charge >= 0.3 is 0 Å². The van der Waals surface area contributed by atoms with Gasteiger partial charge < -0.3 is 10.0 Å². The zero-order chi connectivity index (χ0) is 16.9. The highest BCUT2D eigenvalue weighted by atomic mass is 35.5. The molecule has 2 aromatic rings. The average molecular weight is 348 g/mol. The van der Waals surface area contributed by atoms with Gasteiger partial charge in [-0.25, -0.2) is 0 Å². The Balaban J connectivity index is 1.63. The van der Waals surface area contributed by atoms with Crippen molar-refractivity contribution >= 4 is 17.5 Å². The number of amides is 1. The number of aryl methyl sites for hydroxylation is 1. The number of halogens is 1. The van der Waals surface area contributed by atoms with Crippen molar-refractivity contribution in [2.75, 3.05) is 6.54 Å². The van der Waals surface area contributed by atoms with Gasteiger partial charge in [0.2, 0.25) is 5.91 Å². The standard InChI is InChI=1S/C18H22ClN3O2/c19-16-12-14(5-6-17(16)23)13-18(24)22-10-2-1-4-15(22)7-11-21-9-3-8-20-21/h3,5-6,8-9,12,15,23H,1-2,4,7,10-11,13H2. The van der Waals surface area contributed by atoms with Crippen LogP contribution in [0.25, 0.3) is 0 Å². The molecule has 0 bridgehead atoms. The lowest BCUT2D eigenvalue weighted by Crippen LogP contribution is -2.44. The summed E-state index contributed by atoms with van der Waals surface area (Å²) in [6.45, 7) is 1.64. The average Bonchev–Trinajstić information content (AvgIpc) is 3.10. The topological polar surface area (TPSA) is 58.4 Å². The zero-order valence-corrected chi connectivity index (χ0v) is 14.3. The minimum atomic E-state index is 0.0444. The molecular weight excluding hydrogens is 326 g/mol. The summed E-state index contributed by atoms with van der Waals surface area (Å²) in [5.74, 6) is 0.171. The summed E-state index contributed by atoms with van der Waals surface area (Å²) in [4.78, 5) is 14.7. The van der Waals surface area contributed by atoms with Crippen molar-refractivity contribution in [3.8, 4) is 5.75 Å². The van der Waals surface area contributed by atoms with Crippen molar-refractivity contribution in [2.45, 2.75) is 44.7 Å². The fraction of sp³-hybridized carbons (Fsp3) is 0.444. The van der Waals surface area contributed by atoms with Gasteiger partial charge in [-0.1, -0.05) is 17.7 Å². The highest BCUT2D eigenvalue weighted by Crippen LogP contribution is 2.25. The molecule has 1 aromatic carbocycles. The van der Waals surface area contributed by atoms with Crippen molar-refractivity contribution < 1.29 is 9.90 Å². The molecule has 24 heavy (non-hydrogen) atoms. The van der Waals surface area contributed by atoms with Gasteiger partial charge in [0.1, 0.15) is 5.75 Å². The van der Waals surface area contributed by atoms with Crippen LogP contribution in [0.5, 0.6) is 5.75 Å². The molecule has 1 aromatic heterocycles. The van der Waals surface area contributed by atoms with Crippen LogP contribution in [0.3, 0.4) is 0 Å². The monoisotopic (exact) mass is 347 g/mol. The van der Waals surface area contributed by atoms with Crippen LogP contribution in [0.15, 0.2) is 36.7 Å². The first-order valence-corrected chi connectivity index (χ1v) is 8.75. The highest BCUT2D eigenvalue weighted by molar-refractivity contribution is 6.32. The first-order valence-electron chi connectivity index (χ1n) is 8.38. The zero-order valence-electron chi connectivity index (χ0n) is 13.6. The van der Waals surface area contributed by atoms with E-state index in [4.69, 9.17) is 11.6 Å². The van der Waals surface area contributed by atoms with Gasteiger partial charge in [-0.2, -0.15) is 5.10 Å². The van der Waals surface area contributed by atoms with Gasteiger partial charge in [0.15, 0.2) is 0 Å². The van der Waals surface area contributed by atoms with Gasteiger partial charge in [0, 0.05) is 31.5 Å². The predicted octanol–water partition coefficient (Wildman–Crippen LogP) is 3.26. The Morgan fingerprint density at radius 3 is 3.00 bits per heavy atom. The quantitative estimate of drug-likeness (QED) is 0.903. The number of aromatic nitrogens is 2. The maximum atomic E-state index is 12.7. The number of hydrogen-bond donors (Lipinski definition) is 1. The second kappa shape index (κ2) is 7.71. The van der Waals surface area contributed by atoms with Crippen molar-refractivity contribution in [2.24, 2.45) is 0 Å². The van der Waals surface area contributed by atoms with Crippen LogP contribution in [0.4, 0.5) is 0 Å². The Morgan fingerprint density at radius 2 is 2.25 bits per heavy atom. The van der Waals surface area contributed by atoms with Gasteiger partial charge in [-0.05, 0) is 49.4 Å². The summed E-state index contributed by atoms with van der Waals surface area (Å²) in [6, 6.07) is 7.14. The van der Waals surface area contributed by atoms with Crippen LogP contribution in [-0.4, -0.2) is 38.3 Å². The van der Waals surface area contributed by atoms with Crippen LogP contribution < -0.4 is 0 Å². The Hall–Kier alpha value is -2.01. The Kier molecular flexibility index (Phi) is 5.41.